The Kier molecular flexibility index (Phi) is 4.41. The van der Waals surface area contributed by atoms with E-state index in [1.165, 1.54) is 19.5 Å². The first kappa shape index (κ1) is 14.9. The number of nitrogens with zero attached hydrogens (tertiary/aromatic N) is 5. The van der Waals surface area contributed by atoms with Gasteiger partial charge < -0.3 is 10.1 Å². The van der Waals surface area contributed by atoms with Gasteiger partial charge in [-0.2, -0.15) is 0 Å². The third kappa shape index (κ3) is 3.42. The number of hydrogen-bond donors (Lipinski definition) is 1. The molecule has 8 nitrogen and oxygen atoms in total. The van der Waals surface area contributed by atoms with Crippen molar-refractivity contribution in [1.82, 2.24) is 29.9 Å². The molecule has 8 heteroatoms. The predicted molar refractivity (Wildman–Crippen MR) is 82.2 cm³/mol. The number of ether oxygens (including phenoxy) is 1. The van der Waals surface area contributed by atoms with Crippen LogP contribution in [0, 0.1) is 0 Å². The van der Waals surface area contributed by atoms with Crippen molar-refractivity contribution in [3.63, 3.8) is 0 Å². The van der Waals surface area contributed by atoms with Crippen LogP contribution >= 0.6 is 0 Å². The molecule has 1 amide bonds. The Bertz CT molecular complexity index is 799. The van der Waals surface area contributed by atoms with Crippen LogP contribution in [0.1, 0.15) is 22.6 Å². The third-order valence-corrected chi connectivity index (χ3v) is 3.32. The highest BCUT2D eigenvalue weighted by atomic mass is 16.5. The van der Waals surface area contributed by atoms with Gasteiger partial charge in [0.25, 0.3) is 5.91 Å². The van der Waals surface area contributed by atoms with Crippen molar-refractivity contribution in [3.8, 4) is 6.01 Å². The summed E-state index contributed by atoms with van der Waals surface area (Å²) in [4.78, 5) is 19.8. The van der Waals surface area contributed by atoms with Crippen molar-refractivity contribution in [2.24, 2.45) is 0 Å². The lowest BCUT2D eigenvalue weighted by molar-refractivity contribution is 0.0952. The van der Waals surface area contributed by atoms with Crippen LogP contribution in [0.25, 0.3) is 5.65 Å². The van der Waals surface area contributed by atoms with Gasteiger partial charge in [-0.1, -0.05) is 6.07 Å². The van der Waals surface area contributed by atoms with Gasteiger partial charge in [0.05, 0.1) is 12.7 Å². The average molecular weight is 312 g/mol. The fraction of sp³-hybridized carbons (Fsp3) is 0.267. The van der Waals surface area contributed by atoms with E-state index in [-0.39, 0.29) is 11.9 Å². The van der Waals surface area contributed by atoms with E-state index < -0.39 is 0 Å². The van der Waals surface area contributed by atoms with Gasteiger partial charge in [0.15, 0.2) is 5.65 Å². The summed E-state index contributed by atoms with van der Waals surface area (Å²) in [5, 5.41) is 11.1. The van der Waals surface area contributed by atoms with E-state index in [1.54, 1.807) is 0 Å². The lowest BCUT2D eigenvalue weighted by Gasteiger charge is -2.05. The van der Waals surface area contributed by atoms with Crippen molar-refractivity contribution in [3.05, 3.63) is 48.2 Å². The van der Waals surface area contributed by atoms with Crippen LogP contribution in [0.5, 0.6) is 6.01 Å². The van der Waals surface area contributed by atoms with Gasteiger partial charge in [-0.25, -0.2) is 9.97 Å². The standard InChI is InChI=1S/C15H16N6O2/c1-23-15-17-9-11(10-18-15)14(22)16-7-4-6-13-20-19-12-5-2-3-8-21(12)13/h2-3,5,8-10H,4,6-7H2,1H3,(H,16,22). The SMILES string of the molecule is COc1ncc(C(=O)NCCCc2nnc3ccccn23)cn1. The Hall–Kier alpha value is -3.03. The Morgan fingerprint density at radius 3 is 2.87 bits per heavy atom. The quantitative estimate of drug-likeness (QED) is 0.679. The highest BCUT2D eigenvalue weighted by molar-refractivity contribution is 5.93. The Morgan fingerprint density at radius 1 is 1.26 bits per heavy atom. The van der Waals surface area contributed by atoms with E-state index >= 15 is 0 Å². The molecule has 3 rings (SSSR count). The zero-order valence-corrected chi connectivity index (χ0v) is 12.6. The van der Waals surface area contributed by atoms with E-state index in [9.17, 15) is 4.79 Å². The first-order valence-electron chi connectivity index (χ1n) is 7.21. The molecule has 0 saturated heterocycles. The normalized spacial score (nSPS) is 10.7. The average Bonchev–Trinajstić information content (AvgIpc) is 3.02. The number of hydrogen-bond acceptors (Lipinski definition) is 6. The monoisotopic (exact) mass is 312 g/mol. The minimum Gasteiger partial charge on any atom is -0.467 e. The summed E-state index contributed by atoms with van der Waals surface area (Å²) < 4.78 is 6.80. The van der Waals surface area contributed by atoms with Crippen LogP contribution in [-0.4, -0.2) is 44.1 Å². The van der Waals surface area contributed by atoms with Gasteiger partial charge in [-0.05, 0) is 18.6 Å². The van der Waals surface area contributed by atoms with Gasteiger partial charge in [-0.15, -0.1) is 10.2 Å². The minimum absolute atomic E-state index is 0.209. The van der Waals surface area contributed by atoms with Gasteiger partial charge in [0.1, 0.15) is 5.82 Å². The first-order valence-corrected chi connectivity index (χ1v) is 7.21. The van der Waals surface area contributed by atoms with Gasteiger partial charge in [0.2, 0.25) is 0 Å². The summed E-state index contributed by atoms with van der Waals surface area (Å²) in [6.07, 6.45) is 6.29. The topological polar surface area (TPSA) is 94.3 Å². The number of carbonyl (C=O) groups is 1. The van der Waals surface area contributed by atoms with Crippen molar-refractivity contribution in [1.29, 1.82) is 0 Å². The summed E-state index contributed by atoms with van der Waals surface area (Å²) in [7, 11) is 1.48. The molecule has 0 fully saturated rings. The zero-order chi connectivity index (χ0) is 16.1. The number of rotatable bonds is 6. The summed E-state index contributed by atoms with van der Waals surface area (Å²) in [6.45, 7) is 0.534. The molecule has 0 unspecified atom stereocenters. The van der Waals surface area contributed by atoms with E-state index in [0.29, 0.717) is 12.1 Å². The molecule has 0 aliphatic heterocycles. The number of amides is 1. The molecule has 0 aliphatic rings. The van der Waals surface area contributed by atoms with Crippen LogP contribution in [0.15, 0.2) is 36.8 Å². The molecule has 0 atom stereocenters. The molecular weight excluding hydrogens is 296 g/mol. The molecule has 118 valence electrons. The number of aromatic nitrogens is 5. The largest absolute Gasteiger partial charge is 0.467 e. The molecule has 0 saturated carbocycles. The molecule has 0 aromatic carbocycles. The molecule has 0 spiro atoms. The number of aryl methyl sites for hydroxylation is 1. The zero-order valence-electron chi connectivity index (χ0n) is 12.6. The van der Waals surface area contributed by atoms with Crippen molar-refractivity contribution >= 4 is 11.6 Å². The lowest BCUT2D eigenvalue weighted by Crippen LogP contribution is -2.25. The number of pyridine rings is 1. The van der Waals surface area contributed by atoms with Crippen LogP contribution in [0.4, 0.5) is 0 Å². The third-order valence-electron chi connectivity index (χ3n) is 3.32. The molecule has 1 N–H and O–H groups in total. The number of nitrogens with one attached hydrogen (secondary N) is 1. The van der Waals surface area contributed by atoms with Crippen molar-refractivity contribution in [2.75, 3.05) is 13.7 Å². The van der Waals surface area contributed by atoms with Gasteiger partial charge in [-0.3, -0.25) is 9.20 Å². The lowest BCUT2D eigenvalue weighted by atomic mass is 10.2. The van der Waals surface area contributed by atoms with Crippen LogP contribution in [0.2, 0.25) is 0 Å². The van der Waals surface area contributed by atoms with E-state index in [1.807, 2.05) is 28.8 Å². The first-order chi connectivity index (χ1) is 11.3. The summed E-state index contributed by atoms with van der Waals surface area (Å²) in [6, 6.07) is 6.00. The second kappa shape index (κ2) is 6.82. The molecule has 23 heavy (non-hydrogen) atoms. The minimum atomic E-state index is -0.209. The number of fused-ring (bicyclic) bond motifs is 1. The van der Waals surface area contributed by atoms with Crippen LogP contribution in [-0.2, 0) is 6.42 Å². The van der Waals surface area contributed by atoms with Gasteiger partial charge >= 0.3 is 6.01 Å². The molecule has 0 radical (unpaired) electrons. The highest BCUT2D eigenvalue weighted by Crippen LogP contribution is 2.05. The second-order valence-corrected chi connectivity index (χ2v) is 4.86. The second-order valence-electron chi connectivity index (χ2n) is 4.86. The maximum Gasteiger partial charge on any atom is 0.316 e. The fourth-order valence-corrected chi connectivity index (χ4v) is 2.15. The maximum absolute atomic E-state index is 12.0. The van der Waals surface area contributed by atoms with E-state index in [0.717, 1.165) is 24.3 Å². The fourth-order valence-electron chi connectivity index (χ4n) is 2.15. The molecular formula is C15H16N6O2. The maximum atomic E-state index is 12.0. The summed E-state index contributed by atoms with van der Waals surface area (Å²) >= 11 is 0. The predicted octanol–water partition coefficient (Wildman–Crippen LogP) is 0.891. The Labute approximate surface area is 132 Å². The molecule has 3 heterocycles. The van der Waals surface area contributed by atoms with Crippen molar-refractivity contribution < 1.29 is 9.53 Å². The van der Waals surface area contributed by atoms with E-state index in [2.05, 4.69) is 25.5 Å². The number of carbonyl (C=O) groups excluding carboxylic acids is 1. The number of methoxy groups -OCH3 is 1. The Morgan fingerprint density at radius 2 is 2.09 bits per heavy atom. The Balaban J connectivity index is 1.50. The smallest absolute Gasteiger partial charge is 0.316 e. The van der Waals surface area contributed by atoms with Crippen molar-refractivity contribution in [2.45, 2.75) is 12.8 Å². The molecule has 0 aliphatic carbocycles. The summed E-state index contributed by atoms with van der Waals surface area (Å²) in [5.74, 6) is 0.668. The molecule has 0 bridgehead atoms. The van der Waals surface area contributed by atoms with E-state index in [4.69, 9.17) is 4.74 Å². The molecule has 3 aromatic heterocycles. The van der Waals surface area contributed by atoms with Crippen LogP contribution < -0.4 is 10.1 Å². The highest BCUT2D eigenvalue weighted by Gasteiger charge is 2.08. The summed E-state index contributed by atoms with van der Waals surface area (Å²) in [5.41, 5.74) is 1.22. The molecule has 3 aromatic rings. The van der Waals surface area contributed by atoms with Crippen LogP contribution in [0.3, 0.4) is 0 Å². The van der Waals surface area contributed by atoms with Gasteiger partial charge in [0, 0.05) is 31.6 Å².